The highest BCUT2D eigenvalue weighted by atomic mass is 28.1. The van der Waals surface area contributed by atoms with E-state index in [2.05, 4.69) is 51.5 Å². The van der Waals surface area contributed by atoms with Crippen LogP contribution in [0.15, 0.2) is 11.8 Å². The van der Waals surface area contributed by atoms with Crippen molar-refractivity contribution in [3.63, 3.8) is 0 Å². The van der Waals surface area contributed by atoms with E-state index in [4.69, 9.17) is 0 Å². The molecule has 0 bridgehead atoms. The Morgan fingerprint density at radius 2 is 1.58 bits per heavy atom. The van der Waals surface area contributed by atoms with Crippen molar-refractivity contribution in [2.45, 2.75) is 19.0 Å². The molecule has 0 atom stereocenters. The molecule has 0 N–H and O–H groups in total. The third-order valence-corrected chi connectivity index (χ3v) is 3.46. The molecule has 0 rings (SSSR count). The van der Waals surface area contributed by atoms with Gasteiger partial charge < -0.3 is 0 Å². The minimum absolute atomic E-state index is 0.0756. The van der Waals surface area contributed by atoms with Crippen molar-refractivity contribution in [2.24, 2.45) is 0 Å². The van der Waals surface area contributed by atoms with E-state index in [0.717, 1.165) is 16.7 Å². The van der Waals surface area contributed by atoms with Crippen LogP contribution in [0.2, 0.25) is 0 Å². The lowest BCUT2D eigenvalue weighted by Gasteiger charge is -2.45. The summed E-state index contributed by atoms with van der Waals surface area (Å²) < 4.78 is 0. The van der Waals surface area contributed by atoms with E-state index >= 15 is 0 Å². The highest BCUT2D eigenvalue weighted by Gasteiger charge is 2.33. The quantitative estimate of drug-likeness (QED) is 0.454. The highest BCUT2D eigenvalue weighted by molar-refractivity contribution is 6.22. The summed E-state index contributed by atoms with van der Waals surface area (Å²) in [5.41, 5.74) is 0.0756. The fourth-order valence-corrected chi connectivity index (χ4v) is 3.35. The van der Waals surface area contributed by atoms with Crippen molar-refractivity contribution >= 4 is 10.2 Å². The second kappa shape index (κ2) is 4.21. The Balaban J connectivity index is 4.90. The lowest BCUT2D eigenvalue weighted by molar-refractivity contribution is 0.0424. The zero-order chi connectivity index (χ0) is 9.94. The van der Waals surface area contributed by atoms with Gasteiger partial charge in [-0.3, -0.25) is 9.80 Å². The fourth-order valence-electron chi connectivity index (χ4n) is 2.10. The molecule has 0 aromatic carbocycles. The van der Waals surface area contributed by atoms with Gasteiger partial charge in [0.05, 0.1) is 5.66 Å². The monoisotopic (exact) mass is 186 g/mol. The van der Waals surface area contributed by atoms with Crippen LogP contribution < -0.4 is 0 Å². The van der Waals surface area contributed by atoms with Crippen LogP contribution >= 0.6 is 0 Å². The van der Waals surface area contributed by atoms with Crippen LogP contribution in [0, 0.1) is 0 Å². The molecule has 12 heavy (non-hydrogen) atoms. The Kier molecular flexibility index (Phi) is 4.17. The van der Waals surface area contributed by atoms with Crippen LogP contribution in [0.4, 0.5) is 0 Å². The third-order valence-electron chi connectivity index (χ3n) is 2.66. The molecule has 0 spiro atoms. The average molecular weight is 186 g/mol. The van der Waals surface area contributed by atoms with Crippen molar-refractivity contribution in [2.75, 3.05) is 28.2 Å². The fraction of sp³-hybridized carbons (Fsp3) is 0.778. The molecule has 0 aliphatic rings. The summed E-state index contributed by atoms with van der Waals surface area (Å²) in [6.07, 6.45) is 1.09. The molecular weight excluding hydrogens is 164 g/mol. The predicted molar refractivity (Wildman–Crippen MR) is 59.5 cm³/mol. The molecule has 0 saturated heterocycles. The van der Waals surface area contributed by atoms with E-state index < -0.39 is 0 Å². The smallest absolute Gasteiger partial charge is 0.0898 e. The van der Waals surface area contributed by atoms with Gasteiger partial charge >= 0.3 is 0 Å². The average Bonchev–Trinajstić information content (AvgIpc) is 1.86. The molecule has 0 fully saturated rings. The standard InChI is InChI=1S/C9H22N2Si/c1-7-9(8(2)12,10(3)4)11(5)6/h2,7H2,1,3-6,12H3. The van der Waals surface area contributed by atoms with E-state index in [0.29, 0.717) is 0 Å². The Bertz CT molecular complexity index is 156. The summed E-state index contributed by atoms with van der Waals surface area (Å²) in [5, 5.41) is 1.33. The molecule has 2 nitrogen and oxygen atoms in total. The maximum absolute atomic E-state index is 4.12. The van der Waals surface area contributed by atoms with E-state index in [1.165, 1.54) is 5.20 Å². The van der Waals surface area contributed by atoms with Gasteiger partial charge in [-0.1, -0.05) is 12.1 Å². The molecule has 0 heterocycles. The molecule has 0 radical (unpaired) electrons. The zero-order valence-corrected chi connectivity index (χ0v) is 11.3. The van der Waals surface area contributed by atoms with E-state index in [9.17, 15) is 0 Å². The van der Waals surface area contributed by atoms with Gasteiger partial charge in [-0.25, -0.2) is 0 Å². The van der Waals surface area contributed by atoms with Gasteiger partial charge in [0.2, 0.25) is 0 Å². The summed E-state index contributed by atoms with van der Waals surface area (Å²) in [6, 6.07) is 0. The van der Waals surface area contributed by atoms with Crippen molar-refractivity contribution in [3.05, 3.63) is 11.8 Å². The minimum Gasteiger partial charge on any atom is -0.288 e. The SMILES string of the molecule is C=C([SiH3])C(CC)(N(C)C)N(C)C. The Labute approximate surface area is 79.7 Å². The summed E-state index contributed by atoms with van der Waals surface area (Å²) in [5.74, 6) is 0. The van der Waals surface area contributed by atoms with Crippen molar-refractivity contribution in [1.82, 2.24) is 9.80 Å². The van der Waals surface area contributed by atoms with Crippen LogP contribution in [0.3, 0.4) is 0 Å². The molecule has 3 heteroatoms. The first-order valence-corrected chi connectivity index (χ1v) is 5.40. The van der Waals surface area contributed by atoms with E-state index in [1.54, 1.807) is 0 Å². The van der Waals surface area contributed by atoms with Crippen molar-refractivity contribution < 1.29 is 0 Å². The molecule has 0 aliphatic carbocycles. The number of likely N-dealkylation sites (N-methyl/N-ethyl adjacent to an activating group) is 2. The van der Waals surface area contributed by atoms with Crippen LogP contribution in [0.25, 0.3) is 0 Å². The molecule has 72 valence electrons. The van der Waals surface area contributed by atoms with Gasteiger partial charge in [-0.15, -0.1) is 6.58 Å². The van der Waals surface area contributed by atoms with Crippen LogP contribution in [-0.4, -0.2) is 53.9 Å². The van der Waals surface area contributed by atoms with Gasteiger partial charge in [0, 0.05) is 10.2 Å². The van der Waals surface area contributed by atoms with Crippen molar-refractivity contribution in [1.29, 1.82) is 0 Å². The lowest BCUT2D eigenvalue weighted by Crippen LogP contribution is -2.56. The maximum Gasteiger partial charge on any atom is 0.0898 e. The third kappa shape index (κ3) is 1.79. The van der Waals surface area contributed by atoms with E-state index in [-0.39, 0.29) is 5.66 Å². The first kappa shape index (κ1) is 11.9. The summed E-state index contributed by atoms with van der Waals surface area (Å²) in [6.45, 7) is 6.33. The number of hydrogen-bond acceptors (Lipinski definition) is 2. The number of hydrogen-bond donors (Lipinski definition) is 0. The normalized spacial score (nSPS) is 12.9. The first-order valence-electron chi connectivity index (χ1n) is 4.40. The van der Waals surface area contributed by atoms with Gasteiger partial charge in [0.25, 0.3) is 0 Å². The Morgan fingerprint density at radius 3 is 1.58 bits per heavy atom. The molecule has 0 aromatic rings. The van der Waals surface area contributed by atoms with Gasteiger partial charge in [-0.05, 0) is 34.6 Å². The molecule has 0 aromatic heterocycles. The maximum atomic E-state index is 4.12. The Hall–Kier alpha value is -0.123. The second-order valence-corrected chi connectivity index (χ2v) is 4.95. The molecule has 0 saturated carbocycles. The number of nitrogens with zero attached hydrogens (tertiary/aromatic N) is 2. The van der Waals surface area contributed by atoms with E-state index in [1.807, 2.05) is 0 Å². The number of rotatable bonds is 4. The van der Waals surface area contributed by atoms with Crippen molar-refractivity contribution in [3.8, 4) is 0 Å². The highest BCUT2D eigenvalue weighted by Crippen LogP contribution is 2.25. The minimum atomic E-state index is 0.0756. The Morgan fingerprint density at radius 1 is 1.25 bits per heavy atom. The predicted octanol–water partition coefficient (Wildman–Crippen LogP) is 0.0950. The van der Waals surface area contributed by atoms with Crippen LogP contribution in [0.5, 0.6) is 0 Å². The van der Waals surface area contributed by atoms with Crippen LogP contribution in [0.1, 0.15) is 13.3 Å². The molecule has 0 aliphatic heterocycles. The summed E-state index contributed by atoms with van der Waals surface area (Å²) in [7, 11) is 9.52. The lowest BCUT2D eigenvalue weighted by atomic mass is 10.0. The van der Waals surface area contributed by atoms with Gasteiger partial charge in [-0.2, -0.15) is 0 Å². The van der Waals surface area contributed by atoms with Gasteiger partial charge in [0.1, 0.15) is 0 Å². The second-order valence-electron chi connectivity index (χ2n) is 3.74. The molecular formula is C9H22N2Si. The molecule has 0 unspecified atom stereocenters. The summed E-state index contributed by atoms with van der Waals surface area (Å²) in [4.78, 5) is 4.50. The largest absolute Gasteiger partial charge is 0.288 e. The van der Waals surface area contributed by atoms with Gasteiger partial charge in [0.15, 0.2) is 0 Å². The zero-order valence-electron chi connectivity index (χ0n) is 9.31. The summed E-state index contributed by atoms with van der Waals surface area (Å²) >= 11 is 0. The first-order chi connectivity index (χ1) is 5.39. The molecule has 0 amide bonds. The topological polar surface area (TPSA) is 6.48 Å². The van der Waals surface area contributed by atoms with Crippen LogP contribution in [-0.2, 0) is 0 Å².